The normalized spacial score (nSPS) is 12.0. The van der Waals surface area contributed by atoms with Crippen LogP contribution in [-0.4, -0.2) is 21.9 Å². The molecule has 0 fully saturated rings. The predicted octanol–water partition coefficient (Wildman–Crippen LogP) is 5.20. The fraction of sp³-hybridized carbons (Fsp3) is 0.211. The molecule has 0 aliphatic rings. The second-order valence-corrected chi connectivity index (χ2v) is 7.57. The monoisotopic (exact) mass is 432 g/mol. The van der Waals surface area contributed by atoms with Crippen LogP contribution in [0.3, 0.4) is 0 Å². The number of aryl methyl sites for hydroxylation is 1. The number of ether oxygens (including phenoxy) is 1. The summed E-state index contributed by atoms with van der Waals surface area (Å²) in [4.78, 5) is 13.2. The van der Waals surface area contributed by atoms with Crippen LogP contribution >= 0.6 is 27.7 Å². The summed E-state index contributed by atoms with van der Waals surface area (Å²) < 4.78 is 12.0. The lowest BCUT2D eigenvalue weighted by Gasteiger charge is -2.10. The van der Waals surface area contributed by atoms with Crippen molar-refractivity contribution in [1.29, 1.82) is 0 Å². The molecule has 3 rings (SSSR count). The highest BCUT2D eigenvalue weighted by molar-refractivity contribution is 9.10. The number of benzene rings is 2. The second-order valence-electron chi connectivity index (χ2n) is 5.64. The zero-order chi connectivity index (χ0) is 18.5. The van der Waals surface area contributed by atoms with E-state index in [4.69, 9.17) is 9.15 Å². The minimum absolute atomic E-state index is 0.215. The van der Waals surface area contributed by atoms with Gasteiger partial charge in [0.05, 0.1) is 5.75 Å². The molecule has 0 bridgehead atoms. The first-order valence-corrected chi connectivity index (χ1v) is 9.78. The van der Waals surface area contributed by atoms with Crippen LogP contribution in [0, 0.1) is 6.92 Å². The van der Waals surface area contributed by atoms with E-state index >= 15 is 0 Å². The number of nitrogens with zero attached hydrogens (tertiary/aromatic N) is 2. The van der Waals surface area contributed by atoms with Crippen molar-refractivity contribution >= 4 is 33.7 Å². The number of aromatic nitrogens is 2. The van der Waals surface area contributed by atoms with E-state index in [1.807, 2.05) is 55.5 Å². The topological polar surface area (TPSA) is 65.2 Å². The average Bonchev–Trinajstić information content (AvgIpc) is 3.12. The van der Waals surface area contributed by atoms with E-state index in [0.29, 0.717) is 5.89 Å². The molecule has 26 heavy (non-hydrogen) atoms. The molecule has 5 nitrogen and oxygen atoms in total. The van der Waals surface area contributed by atoms with Crippen molar-refractivity contribution < 1.29 is 13.9 Å². The first kappa shape index (κ1) is 18.7. The molecule has 0 saturated carbocycles. The highest BCUT2D eigenvalue weighted by Crippen LogP contribution is 2.26. The molecule has 0 spiro atoms. The molecule has 134 valence electrons. The standard InChI is InChI=1S/C19H17BrN2O3S/c1-12-10-15(20)8-9-16(12)26-11-17(23)24-13(2)18-21-22-19(25-18)14-6-4-3-5-7-14/h3-10,13H,11H2,1-2H3. The van der Waals surface area contributed by atoms with Crippen molar-refractivity contribution in [3.05, 3.63) is 64.5 Å². The summed E-state index contributed by atoms with van der Waals surface area (Å²) in [6, 6.07) is 15.4. The summed E-state index contributed by atoms with van der Waals surface area (Å²) >= 11 is 4.87. The number of hydrogen-bond acceptors (Lipinski definition) is 6. The minimum atomic E-state index is -0.598. The summed E-state index contributed by atoms with van der Waals surface area (Å²) in [5.74, 6) is 0.571. The summed E-state index contributed by atoms with van der Waals surface area (Å²) in [6.07, 6.45) is -0.598. The van der Waals surface area contributed by atoms with E-state index in [9.17, 15) is 4.79 Å². The Morgan fingerprint density at radius 1 is 1.23 bits per heavy atom. The smallest absolute Gasteiger partial charge is 0.317 e. The van der Waals surface area contributed by atoms with Crippen molar-refractivity contribution in [2.24, 2.45) is 0 Å². The van der Waals surface area contributed by atoms with E-state index in [1.165, 1.54) is 11.8 Å². The van der Waals surface area contributed by atoms with Crippen LogP contribution in [0.15, 0.2) is 62.3 Å². The SMILES string of the molecule is Cc1cc(Br)ccc1SCC(=O)OC(C)c1nnc(-c2ccccc2)o1. The van der Waals surface area contributed by atoms with Crippen LogP contribution in [0.1, 0.15) is 24.5 Å². The third kappa shape index (κ3) is 4.74. The van der Waals surface area contributed by atoms with Crippen molar-refractivity contribution in [2.75, 3.05) is 5.75 Å². The Bertz CT molecular complexity index is 899. The molecule has 0 aliphatic carbocycles. The van der Waals surface area contributed by atoms with Crippen LogP contribution in [0.4, 0.5) is 0 Å². The van der Waals surface area contributed by atoms with Crippen molar-refractivity contribution in [3.8, 4) is 11.5 Å². The van der Waals surface area contributed by atoms with Crippen molar-refractivity contribution in [2.45, 2.75) is 24.8 Å². The van der Waals surface area contributed by atoms with Gasteiger partial charge in [0.15, 0.2) is 6.10 Å². The minimum Gasteiger partial charge on any atom is -0.452 e. The maximum absolute atomic E-state index is 12.1. The van der Waals surface area contributed by atoms with Crippen LogP contribution in [0.5, 0.6) is 0 Å². The van der Waals surface area contributed by atoms with Gasteiger partial charge in [0.25, 0.3) is 5.89 Å². The summed E-state index contributed by atoms with van der Waals surface area (Å²) in [7, 11) is 0. The number of esters is 1. The Morgan fingerprint density at radius 3 is 2.73 bits per heavy atom. The zero-order valence-electron chi connectivity index (χ0n) is 14.3. The van der Waals surface area contributed by atoms with Gasteiger partial charge >= 0.3 is 5.97 Å². The number of carbonyl (C=O) groups excluding carboxylic acids is 1. The Kier molecular flexibility index (Phi) is 6.11. The van der Waals surface area contributed by atoms with Gasteiger partial charge < -0.3 is 9.15 Å². The van der Waals surface area contributed by atoms with Crippen molar-refractivity contribution in [3.63, 3.8) is 0 Å². The Hall–Kier alpha value is -2.12. The lowest BCUT2D eigenvalue weighted by molar-refractivity contribution is -0.146. The van der Waals surface area contributed by atoms with E-state index in [1.54, 1.807) is 6.92 Å². The fourth-order valence-corrected chi connectivity index (χ4v) is 3.56. The van der Waals surface area contributed by atoms with E-state index in [0.717, 1.165) is 20.5 Å². The molecule has 1 unspecified atom stereocenters. The van der Waals surface area contributed by atoms with Gasteiger partial charge in [-0.05, 0) is 49.7 Å². The molecule has 2 aromatic carbocycles. The summed E-state index contributed by atoms with van der Waals surface area (Å²) in [6.45, 7) is 3.72. The van der Waals surface area contributed by atoms with Gasteiger partial charge in [-0.15, -0.1) is 22.0 Å². The first-order chi connectivity index (χ1) is 12.5. The Balaban J connectivity index is 1.57. The van der Waals surface area contributed by atoms with E-state index < -0.39 is 6.10 Å². The maximum atomic E-state index is 12.1. The van der Waals surface area contributed by atoms with Gasteiger partial charge in [-0.1, -0.05) is 34.1 Å². The van der Waals surface area contributed by atoms with Gasteiger partial charge in [-0.3, -0.25) is 4.79 Å². The molecule has 0 radical (unpaired) electrons. The molecule has 0 N–H and O–H groups in total. The van der Waals surface area contributed by atoms with Gasteiger partial charge in [0, 0.05) is 14.9 Å². The largest absolute Gasteiger partial charge is 0.452 e. The Morgan fingerprint density at radius 2 is 2.00 bits per heavy atom. The average molecular weight is 433 g/mol. The summed E-state index contributed by atoms with van der Waals surface area (Å²) in [5, 5.41) is 7.99. The maximum Gasteiger partial charge on any atom is 0.317 e. The third-order valence-corrected chi connectivity index (χ3v) is 5.24. The molecular formula is C19H17BrN2O3S. The fourth-order valence-electron chi connectivity index (χ4n) is 2.29. The van der Waals surface area contributed by atoms with Gasteiger partial charge in [-0.2, -0.15) is 0 Å². The molecule has 1 aromatic heterocycles. The Labute approximate surface area is 164 Å². The molecule has 7 heteroatoms. The first-order valence-electron chi connectivity index (χ1n) is 8.00. The second kappa shape index (κ2) is 8.51. The number of carbonyl (C=O) groups is 1. The van der Waals surface area contributed by atoms with Gasteiger partial charge in [0.1, 0.15) is 0 Å². The van der Waals surface area contributed by atoms with E-state index in [-0.39, 0.29) is 17.6 Å². The molecule has 3 aromatic rings. The lowest BCUT2D eigenvalue weighted by atomic mass is 10.2. The quantitative estimate of drug-likeness (QED) is 0.393. The number of rotatable bonds is 6. The third-order valence-electron chi connectivity index (χ3n) is 3.60. The predicted molar refractivity (Wildman–Crippen MR) is 104 cm³/mol. The summed E-state index contributed by atoms with van der Waals surface area (Å²) in [5.41, 5.74) is 1.93. The van der Waals surface area contributed by atoms with Gasteiger partial charge in [0.2, 0.25) is 5.89 Å². The van der Waals surface area contributed by atoms with Crippen LogP contribution in [0.2, 0.25) is 0 Å². The zero-order valence-corrected chi connectivity index (χ0v) is 16.7. The number of halogens is 1. The van der Waals surface area contributed by atoms with Crippen LogP contribution in [0.25, 0.3) is 11.5 Å². The van der Waals surface area contributed by atoms with Crippen LogP contribution < -0.4 is 0 Å². The molecule has 0 saturated heterocycles. The van der Waals surface area contributed by atoms with E-state index in [2.05, 4.69) is 26.1 Å². The number of hydrogen-bond donors (Lipinski definition) is 0. The highest BCUT2D eigenvalue weighted by Gasteiger charge is 2.19. The molecule has 1 heterocycles. The highest BCUT2D eigenvalue weighted by atomic mass is 79.9. The molecule has 1 atom stereocenters. The van der Waals surface area contributed by atoms with Crippen molar-refractivity contribution in [1.82, 2.24) is 10.2 Å². The van der Waals surface area contributed by atoms with Crippen LogP contribution in [-0.2, 0) is 9.53 Å². The molecule has 0 amide bonds. The molecular weight excluding hydrogens is 416 g/mol. The van der Waals surface area contributed by atoms with Gasteiger partial charge in [-0.25, -0.2) is 0 Å². The molecule has 0 aliphatic heterocycles. The lowest BCUT2D eigenvalue weighted by Crippen LogP contribution is -2.11. The number of thioether (sulfide) groups is 1.